The molecule has 0 spiro atoms. The average molecular weight is 346 g/mol. The number of pyridine rings is 1. The Balaban J connectivity index is 2.27. The standard InChI is InChI=1S/C17H11FN8/c1-2-8-5-9(3-4-11(8)18)14-12-13(21)10(6-19)15(22)25-16(12)26-17(24-14)23-7-20/h1,3-5,14H,(H6,21,22,23,24,25,26). The van der Waals surface area contributed by atoms with Gasteiger partial charge in [0.15, 0.2) is 6.19 Å². The van der Waals surface area contributed by atoms with Crippen molar-refractivity contribution in [1.29, 1.82) is 10.5 Å². The van der Waals surface area contributed by atoms with Crippen molar-refractivity contribution in [1.82, 2.24) is 10.3 Å². The first-order valence-electron chi connectivity index (χ1n) is 7.25. The molecule has 26 heavy (non-hydrogen) atoms. The molecule has 0 aliphatic carbocycles. The summed E-state index contributed by atoms with van der Waals surface area (Å²) in [6.07, 6.45) is 7.07. The van der Waals surface area contributed by atoms with Gasteiger partial charge in [0.2, 0.25) is 5.96 Å². The number of halogens is 1. The number of aliphatic imine (C=N–C) groups is 1. The highest BCUT2D eigenvalue weighted by atomic mass is 19.1. The summed E-state index contributed by atoms with van der Waals surface area (Å²) in [5.41, 5.74) is 12.9. The van der Waals surface area contributed by atoms with Gasteiger partial charge < -0.3 is 16.8 Å². The molecular formula is C17H11FN8. The predicted octanol–water partition coefficient (Wildman–Crippen LogP) is 1.18. The van der Waals surface area contributed by atoms with Gasteiger partial charge in [-0.15, -0.1) is 6.42 Å². The van der Waals surface area contributed by atoms with E-state index < -0.39 is 11.9 Å². The van der Waals surface area contributed by atoms with E-state index in [-0.39, 0.29) is 34.4 Å². The topological polar surface area (TPSA) is 149 Å². The molecule has 8 nitrogen and oxygen atoms in total. The van der Waals surface area contributed by atoms with Crippen molar-refractivity contribution in [2.75, 3.05) is 16.8 Å². The average Bonchev–Trinajstić information content (AvgIpc) is 2.62. The molecule has 0 amide bonds. The van der Waals surface area contributed by atoms with E-state index in [2.05, 4.69) is 26.5 Å². The Kier molecular flexibility index (Phi) is 4.02. The number of hydrogen-bond acceptors (Lipinski definition) is 8. The highest BCUT2D eigenvalue weighted by Gasteiger charge is 2.29. The van der Waals surface area contributed by atoms with Crippen molar-refractivity contribution in [3.05, 3.63) is 46.3 Å². The summed E-state index contributed by atoms with van der Waals surface area (Å²) in [7, 11) is 0. The lowest BCUT2D eigenvalue weighted by atomic mass is 9.94. The largest absolute Gasteiger partial charge is 0.397 e. The number of nitrogen functional groups attached to an aromatic ring is 2. The Hall–Kier alpha value is -4.29. The number of nitrogens with two attached hydrogens (primary N) is 2. The number of nitrogens with zero attached hydrogens (tertiary/aromatic N) is 4. The molecule has 1 atom stereocenters. The number of nitrogens with one attached hydrogen (secondary N) is 2. The Morgan fingerprint density at radius 3 is 2.73 bits per heavy atom. The number of nitriles is 2. The second-order valence-electron chi connectivity index (χ2n) is 5.29. The van der Waals surface area contributed by atoms with E-state index in [4.69, 9.17) is 23.2 Å². The molecule has 9 heteroatoms. The lowest BCUT2D eigenvalue weighted by Crippen LogP contribution is -2.32. The molecular weight excluding hydrogens is 335 g/mol. The number of fused-ring (bicyclic) bond motifs is 1. The molecule has 1 aliphatic heterocycles. The number of aromatic nitrogens is 1. The van der Waals surface area contributed by atoms with Gasteiger partial charge >= 0.3 is 0 Å². The second-order valence-corrected chi connectivity index (χ2v) is 5.29. The molecule has 2 heterocycles. The van der Waals surface area contributed by atoms with E-state index in [0.717, 1.165) is 0 Å². The first kappa shape index (κ1) is 16.6. The minimum atomic E-state index is -0.769. The van der Waals surface area contributed by atoms with Crippen molar-refractivity contribution >= 4 is 23.3 Å². The molecule has 3 rings (SSSR count). The van der Waals surface area contributed by atoms with Gasteiger partial charge in [0, 0.05) is 5.56 Å². The monoisotopic (exact) mass is 346 g/mol. The SMILES string of the molecule is C#Cc1cc(C2N=C(NC#N)Nc3nc(N)c(C#N)c(N)c32)ccc1F. The van der Waals surface area contributed by atoms with Crippen LogP contribution in [0.1, 0.15) is 28.3 Å². The molecule has 2 aromatic rings. The number of terminal acetylenes is 1. The van der Waals surface area contributed by atoms with Crippen molar-refractivity contribution in [2.45, 2.75) is 6.04 Å². The van der Waals surface area contributed by atoms with Gasteiger partial charge in [0.1, 0.15) is 35.1 Å². The van der Waals surface area contributed by atoms with Gasteiger partial charge in [-0.2, -0.15) is 10.5 Å². The van der Waals surface area contributed by atoms with Crippen LogP contribution in [0.15, 0.2) is 23.2 Å². The first-order valence-corrected chi connectivity index (χ1v) is 7.25. The fraction of sp³-hybridized carbons (Fsp3) is 0.0588. The van der Waals surface area contributed by atoms with Gasteiger partial charge in [-0.1, -0.05) is 12.0 Å². The van der Waals surface area contributed by atoms with Crippen molar-refractivity contribution in [3.63, 3.8) is 0 Å². The second kappa shape index (κ2) is 6.31. The highest BCUT2D eigenvalue weighted by molar-refractivity contribution is 5.98. The molecule has 0 saturated heterocycles. The summed E-state index contributed by atoms with van der Waals surface area (Å²) in [6, 6.07) is 5.29. The molecule has 0 saturated carbocycles. The molecule has 1 aromatic heterocycles. The van der Waals surface area contributed by atoms with Crippen LogP contribution in [0.5, 0.6) is 0 Å². The Labute approximate surface area is 148 Å². The third-order valence-corrected chi connectivity index (χ3v) is 3.82. The third-order valence-electron chi connectivity index (χ3n) is 3.82. The van der Waals surface area contributed by atoms with E-state index in [1.165, 1.54) is 18.2 Å². The molecule has 6 N–H and O–H groups in total. The number of anilines is 3. The van der Waals surface area contributed by atoms with Crippen LogP contribution in [0.25, 0.3) is 0 Å². The van der Waals surface area contributed by atoms with E-state index in [9.17, 15) is 9.65 Å². The number of benzene rings is 1. The van der Waals surface area contributed by atoms with Gasteiger partial charge in [0.25, 0.3) is 0 Å². The van der Waals surface area contributed by atoms with Gasteiger partial charge in [-0.25, -0.2) is 14.4 Å². The molecule has 0 radical (unpaired) electrons. The van der Waals surface area contributed by atoms with Crippen LogP contribution < -0.4 is 22.1 Å². The summed E-state index contributed by atoms with van der Waals surface area (Å²) in [6.45, 7) is 0. The molecule has 126 valence electrons. The van der Waals surface area contributed by atoms with Crippen molar-refractivity contribution < 1.29 is 4.39 Å². The number of hydrogen-bond donors (Lipinski definition) is 4. The van der Waals surface area contributed by atoms with Crippen LogP contribution in [0.4, 0.5) is 21.7 Å². The zero-order valence-corrected chi connectivity index (χ0v) is 13.2. The molecule has 1 unspecified atom stereocenters. The lowest BCUT2D eigenvalue weighted by Gasteiger charge is -2.26. The predicted molar refractivity (Wildman–Crippen MR) is 93.8 cm³/mol. The fourth-order valence-electron chi connectivity index (χ4n) is 2.65. The maximum Gasteiger partial charge on any atom is 0.211 e. The third kappa shape index (κ3) is 2.58. The summed E-state index contributed by atoms with van der Waals surface area (Å²) in [5, 5.41) is 23.3. The minimum Gasteiger partial charge on any atom is -0.397 e. The maximum atomic E-state index is 13.7. The van der Waals surface area contributed by atoms with Gasteiger partial charge in [-0.3, -0.25) is 5.32 Å². The van der Waals surface area contributed by atoms with Crippen molar-refractivity contribution in [2.24, 2.45) is 4.99 Å². The molecule has 1 aromatic carbocycles. The Bertz CT molecular complexity index is 1070. The lowest BCUT2D eigenvalue weighted by molar-refractivity contribution is 0.623. The van der Waals surface area contributed by atoms with Crippen LogP contribution >= 0.6 is 0 Å². The summed E-state index contributed by atoms with van der Waals surface area (Å²) in [5.74, 6) is 1.99. The van der Waals surface area contributed by atoms with Crippen LogP contribution in [0.2, 0.25) is 0 Å². The quantitative estimate of drug-likeness (QED) is 0.344. The van der Waals surface area contributed by atoms with Crippen LogP contribution in [0.3, 0.4) is 0 Å². The zero-order valence-electron chi connectivity index (χ0n) is 13.2. The Morgan fingerprint density at radius 1 is 1.31 bits per heavy atom. The minimum absolute atomic E-state index is 0.0155. The zero-order chi connectivity index (χ0) is 18.8. The number of guanidine groups is 1. The van der Waals surface area contributed by atoms with E-state index in [1.54, 1.807) is 6.19 Å². The van der Waals surface area contributed by atoms with Gasteiger partial charge in [0.05, 0.1) is 11.3 Å². The van der Waals surface area contributed by atoms with E-state index in [1.807, 2.05) is 6.07 Å². The van der Waals surface area contributed by atoms with Crippen molar-refractivity contribution in [3.8, 4) is 24.6 Å². The molecule has 0 bridgehead atoms. The number of rotatable bonds is 1. The van der Waals surface area contributed by atoms with E-state index in [0.29, 0.717) is 11.1 Å². The van der Waals surface area contributed by atoms with Gasteiger partial charge in [-0.05, 0) is 17.7 Å². The molecule has 0 fully saturated rings. The summed E-state index contributed by atoms with van der Waals surface area (Å²) >= 11 is 0. The van der Waals surface area contributed by atoms with Crippen LogP contribution in [-0.4, -0.2) is 10.9 Å². The normalized spacial score (nSPS) is 14.7. The first-order chi connectivity index (χ1) is 12.5. The maximum absolute atomic E-state index is 13.7. The van der Waals surface area contributed by atoms with Crippen LogP contribution in [-0.2, 0) is 0 Å². The smallest absolute Gasteiger partial charge is 0.211 e. The van der Waals surface area contributed by atoms with Crippen LogP contribution in [0, 0.1) is 40.9 Å². The van der Waals surface area contributed by atoms with E-state index >= 15 is 0 Å². The Morgan fingerprint density at radius 2 is 2.08 bits per heavy atom. The fourth-order valence-corrected chi connectivity index (χ4v) is 2.65. The molecule has 1 aliphatic rings. The summed E-state index contributed by atoms with van der Waals surface area (Å²) in [4.78, 5) is 8.50. The highest BCUT2D eigenvalue weighted by Crippen LogP contribution is 2.40. The summed E-state index contributed by atoms with van der Waals surface area (Å²) < 4.78 is 13.7.